The summed E-state index contributed by atoms with van der Waals surface area (Å²) in [6.45, 7) is 7.69. The van der Waals surface area contributed by atoms with Gasteiger partial charge in [0, 0.05) is 18.1 Å². The minimum atomic E-state index is 1.13. The molecule has 0 atom stereocenters. The lowest BCUT2D eigenvalue weighted by atomic mass is 9.97. The molecule has 1 heterocycles. The van der Waals surface area contributed by atoms with Crippen molar-refractivity contribution < 1.29 is 4.58 Å². The molecule has 0 fully saturated rings. The fourth-order valence-electron chi connectivity index (χ4n) is 2.18. The quantitative estimate of drug-likeness (QED) is 0.632. The molecule has 0 aromatic heterocycles. The normalized spacial score (nSPS) is 16.4. The largest absolute Gasteiger partial charge is 0.232 e. The van der Waals surface area contributed by atoms with Crippen LogP contribution in [-0.2, 0) is 0 Å². The van der Waals surface area contributed by atoms with Crippen molar-refractivity contribution in [2.24, 2.45) is 0 Å². The van der Waals surface area contributed by atoms with Gasteiger partial charge in [-0.1, -0.05) is 23.3 Å². The Bertz CT molecular complexity index is 478. The highest BCUT2D eigenvalue weighted by atomic mass is 15.0. The first-order chi connectivity index (χ1) is 7.58. The van der Waals surface area contributed by atoms with Crippen LogP contribution in [0.1, 0.15) is 30.0 Å². The second-order valence-corrected chi connectivity index (χ2v) is 4.87. The zero-order valence-electron chi connectivity index (χ0n) is 10.7. The van der Waals surface area contributed by atoms with E-state index >= 15 is 0 Å². The summed E-state index contributed by atoms with van der Waals surface area (Å²) in [4.78, 5) is 0. The molecule has 1 aromatic carbocycles. The van der Waals surface area contributed by atoms with Crippen LogP contribution >= 0.6 is 0 Å². The molecule has 16 heavy (non-hydrogen) atoms. The van der Waals surface area contributed by atoms with E-state index < -0.39 is 0 Å². The van der Waals surface area contributed by atoms with E-state index in [1.807, 2.05) is 0 Å². The number of rotatable bonds is 1. The monoisotopic (exact) mass is 214 g/mol. The Morgan fingerprint density at radius 2 is 1.88 bits per heavy atom. The van der Waals surface area contributed by atoms with Crippen LogP contribution in [0.3, 0.4) is 0 Å². The van der Waals surface area contributed by atoms with Gasteiger partial charge in [-0.05, 0) is 32.4 Å². The van der Waals surface area contributed by atoms with Gasteiger partial charge in [-0.25, -0.2) is 4.58 Å². The van der Waals surface area contributed by atoms with E-state index in [9.17, 15) is 0 Å². The summed E-state index contributed by atoms with van der Waals surface area (Å²) >= 11 is 0. The van der Waals surface area contributed by atoms with Crippen LogP contribution in [0.2, 0.25) is 0 Å². The minimum absolute atomic E-state index is 1.13. The third-order valence-electron chi connectivity index (χ3n) is 3.30. The van der Waals surface area contributed by atoms with Crippen molar-refractivity contribution >= 4 is 5.71 Å². The average molecular weight is 214 g/mol. The van der Waals surface area contributed by atoms with Crippen LogP contribution < -0.4 is 0 Å². The fraction of sp³-hybridized carbons (Fsp3) is 0.400. The third-order valence-corrected chi connectivity index (χ3v) is 3.30. The summed E-state index contributed by atoms with van der Waals surface area (Å²) in [5.74, 6) is 0. The van der Waals surface area contributed by atoms with Crippen molar-refractivity contribution in [3.63, 3.8) is 0 Å². The number of allylic oxidation sites excluding steroid dienone is 1. The molecule has 0 aliphatic carbocycles. The summed E-state index contributed by atoms with van der Waals surface area (Å²) in [5, 5.41) is 0. The van der Waals surface area contributed by atoms with Crippen LogP contribution in [-0.4, -0.2) is 23.9 Å². The van der Waals surface area contributed by atoms with E-state index in [1.165, 1.54) is 34.4 Å². The molecule has 1 aromatic rings. The molecule has 84 valence electrons. The van der Waals surface area contributed by atoms with E-state index in [1.54, 1.807) is 0 Å². The second kappa shape index (κ2) is 4.25. The van der Waals surface area contributed by atoms with E-state index in [-0.39, 0.29) is 0 Å². The Labute approximate surface area is 98.1 Å². The maximum atomic E-state index is 2.36. The molecule has 2 rings (SSSR count). The van der Waals surface area contributed by atoms with Gasteiger partial charge in [0.15, 0.2) is 0 Å². The lowest BCUT2D eigenvalue weighted by molar-refractivity contribution is -0.496. The van der Waals surface area contributed by atoms with Crippen molar-refractivity contribution in [2.75, 3.05) is 13.6 Å². The van der Waals surface area contributed by atoms with Crippen molar-refractivity contribution in [3.8, 4) is 0 Å². The zero-order chi connectivity index (χ0) is 11.7. The third kappa shape index (κ3) is 2.08. The first kappa shape index (κ1) is 11.1. The number of hydrogen-bond acceptors (Lipinski definition) is 0. The van der Waals surface area contributed by atoms with E-state index in [2.05, 4.69) is 56.7 Å². The van der Waals surface area contributed by atoms with Gasteiger partial charge >= 0.3 is 0 Å². The van der Waals surface area contributed by atoms with Gasteiger partial charge in [0.2, 0.25) is 5.71 Å². The minimum Gasteiger partial charge on any atom is -0.232 e. The Morgan fingerprint density at radius 1 is 1.12 bits per heavy atom. The Hall–Kier alpha value is -1.37. The number of aryl methyl sites for hydroxylation is 2. The van der Waals surface area contributed by atoms with Gasteiger partial charge in [0.25, 0.3) is 0 Å². The summed E-state index contributed by atoms with van der Waals surface area (Å²) in [6, 6.07) is 6.68. The van der Waals surface area contributed by atoms with Crippen molar-refractivity contribution in [2.45, 2.75) is 27.2 Å². The number of benzene rings is 1. The second-order valence-electron chi connectivity index (χ2n) is 4.87. The molecule has 0 bridgehead atoms. The fourth-order valence-corrected chi connectivity index (χ4v) is 2.18. The number of nitrogens with zero attached hydrogens (tertiary/aromatic N) is 1. The van der Waals surface area contributed by atoms with Crippen molar-refractivity contribution in [3.05, 3.63) is 46.5 Å². The molecule has 0 saturated carbocycles. The molecular weight excluding hydrogens is 194 g/mol. The molecule has 0 saturated heterocycles. The first-order valence-electron chi connectivity index (χ1n) is 5.91. The lowest BCUT2D eigenvalue weighted by Gasteiger charge is -2.13. The van der Waals surface area contributed by atoms with Gasteiger partial charge in [0.05, 0.1) is 0 Å². The standard InChI is InChI=1S/C15H20N/c1-11-5-6-13(3)14(9-11)15-10-12(2)7-8-16(15)4/h5-6,9-10H,7-8H2,1-4H3/q+1. The molecule has 0 radical (unpaired) electrons. The van der Waals surface area contributed by atoms with E-state index in [0.717, 1.165) is 6.54 Å². The topological polar surface area (TPSA) is 3.01 Å². The smallest absolute Gasteiger partial charge is 0.207 e. The predicted octanol–water partition coefficient (Wildman–Crippen LogP) is 3.08. The zero-order valence-corrected chi connectivity index (χ0v) is 10.7. The molecule has 1 aliphatic rings. The van der Waals surface area contributed by atoms with Crippen LogP contribution in [0.5, 0.6) is 0 Å². The van der Waals surface area contributed by atoms with E-state index in [4.69, 9.17) is 0 Å². The van der Waals surface area contributed by atoms with Crippen molar-refractivity contribution in [1.29, 1.82) is 0 Å². The van der Waals surface area contributed by atoms with Crippen molar-refractivity contribution in [1.82, 2.24) is 0 Å². The Morgan fingerprint density at radius 3 is 2.62 bits per heavy atom. The van der Waals surface area contributed by atoms with Crippen LogP contribution in [0.4, 0.5) is 0 Å². The predicted molar refractivity (Wildman–Crippen MR) is 69.5 cm³/mol. The molecule has 1 nitrogen and oxygen atoms in total. The average Bonchev–Trinajstić information content (AvgIpc) is 2.25. The Kier molecular flexibility index (Phi) is 2.95. The Balaban J connectivity index is 2.55. The SMILES string of the molecule is CC1=CC(c2cc(C)ccc2C)=[N+](C)CC1. The highest BCUT2D eigenvalue weighted by molar-refractivity contribution is 6.07. The molecule has 0 amide bonds. The maximum absolute atomic E-state index is 2.36. The molecule has 0 N–H and O–H groups in total. The lowest BCUT2D eigenvalue weighted by Crippen LogP contribution is -2.23. The molecular formula is C15H20N+. The highest BCUT2D eigenvalue weighted by Crippen LogP contribution is 2.16. The molecule has 0 unspecified atom stereocenters. The van der Waals surface area contributed by atoms with Gasteiger partial charge in [0.1, 0.15) is 13.6 Å². The summed E-state index contributed by atoms with van der Waals surface area (Å²) in [7, 11) is 2.18. The molecule has 1 aliphatic heterocycles. The first-order valence-corrected chi connectivity index (χ1v) is 5.91. The maximum Gasteiger partial charge on any atom is 0.207 e. The van der Waals surface area contributed by atoms with Crippen LogP contribution in [0.15, 0.2) is 29.8 Å². The summed E-state index contributed by atoms with van der Waals surface area (Å²) in [5.41, 5.74) is 6.91. The van der Waals surface area contributed by atoms with Crippen LogP contribution in [0, 0.1) is 13.8 Å². The summed E-state index contributed by atoms with van der Waals surface area (Å²) < 4.78 is 2.36. The van der Waals surface area contributed by atoms with E-state index in [0.29, 0.717) is 0 Å². The van der Waals surface area contributed by atoms with Gasteiger partial charge in [-0.3, -0.25) is 0 Å². The van der Waals surface area contributed by atoms with Gasteiger partial charge < -0.3 is 0 Å². The summed E-state index contributed by atoms with van der Waals surface area (Å²) in [6.07, 6.45) is 3.51. The highest BCUT2D eigenvalue weighted by Gasteiger charge is 2.18. The van der Waals surface area contributed by atoms with Gasteiger partial charge in [-0.2, -0.15) is 0 Å². The number of hydrogen-bond donors (Lipinski definition) is 0. The molecule has 1 heteroatoms. The molecule has 0 spiro atoms. The van der Waals surface area contributed by atoms with Crippen LogP contribution in [0.25, 0.3) is 0 Å². The van der Waals surface area contributed by atoms with Gasteiger partial charge in [-0.15, -0.1) is 0 Å².